The van der Waals surface area contributed by atoms with Gasteiger partial charge in [-0.15, -0.1) is 24.0 Å². The first-order valence-electron chi connectivity index (χ1n) is 12.1. The summed E-state index contributed by atoms with van der Waals surface area (Å²) in [6.07, 6.45) is 4.11. The summed E-state index contributed by atoms with van der Waals surface area (Å²) in [7, 11) is 0. The lowest BCUT2D eigenvalue weighted by atomic mass is 10.1. The van der Waals surface area contributed by atoms with Crippen LogP contribution in [0.15, 0.2) is 59.6 Å². The molecule has 0 spiro atoms. The van der Waals surface area contributed by atoms with Crippen LogP contribution in [-0.4, -0.2) is 56.7 Å². The minimum Gasteiger partial charge on any atom is -0.484 e. The predicted octanol–water partition coefficient (Wildman–Crippen LogP) is 3.34. The van der Waals surface area contributed by atoms with Crippen LogP contribution >= 0.6 is 24.0 Å². The third kappa shape index (κ3) is 8.38. The number of benzene rings is 2. The molecule has 4 rings (SSSR count). The van der Waals surface area contributed by atoms with Gasteiger partial charge >= 0.3 is 0 Å². The summed E-state index contributed by atoms with van der Waals surface area (Å²) >= 11 is 0. The zero-order chi connectivity index (χ0) is 22.9. The lowest BCUT2D eigenvalue weighted by Gasteiger charge is -2.20. The van der Waals surface area contributed by atoms with E-state index in [2.05, 4.69) is 58.1 Å². The quantitative estimate of drug-likeness (QED) is 0.230. The Morgan fingerprint density at radius 2 is 1.79 bits per heavy atom. The maximum absolute atomic E-state index is 11.7. The fourth-order valence-corrected chi connectivity index (χ4v) is 3.96. The lowest BCUT2D eigenvalue weighted by molar-refractivity contribution is -0.123. The van der Waals surface area contributed by atoms with Crippen LogP contribution in [0.4, 0.5) is 5.69 Å². The van der Waals surface area contributed by atoms with Crippen molar-refractivity contribution in [2.45, 2.75) is 44.7 Å². The number of hydrogen-bond donors (Lipinski definition) is 3. The molecule has 8 heteroatoms. The normalized spacial score (nSPS) is 17.6. The van der Waals surface area contributed by atoms with Gasteiger partial charge in [0.05, 0.1) is 0 Å². The lowest BCUT2D eigenvalue weighted by Crippen LogP contribution is -2.44. The molecule has 2 aromatic rings. The molecule has 0 aromatic heterocycles. The van der Waals surface area contributed by atoms with Crippen molar-refractivity contribution < 1.29 is 9.53 Å². The molecule has 2 fully saturated rings. The second-order valence-electron chi connectivity index (χ2n) is 8.70. The second kappa shape index (κ2) is 13.4. The standard InChI is InChI=1S/C26H35N5O2.HI/c1-2-27-26(30-22-15-17-31(18-22)23-6-4-3-5-7-23)28-16-14-20-8-12-24(13-9-20)33-19-25(32)29-21-10-11-21;/h3-9,12-13,21-22H,2,10-11,14-19H2,1H3,(H,29,32)(H2,27,28,30);1H. The topological polar surface area (TPSA) is 78.0 Å². The number of hydrogen-bond acceptors (Lipinski definition) is 4. The number of aliphatic imine (C=N–C) groups is 1. The molecule has 2 aliphatic rings. The smallest absolute Gasteiger partial charge is 0.258 e. The molecule has 7 nitrogen and oxygen atoms in total. The molecule has 1 saturated carbocycles. The average Bonchev–Trinajstić information content (AvgIpc) is 3.53. The number of nitrogens with zero attached hydrogens (tertiary/aromatic N) is 2. The Bertz CT molecular complexity index is 919. The number of guanidine groups is 1. The molecule has 34 heavy (non-hydrogen) atoms. The van der Waals surface area contributed by atoms with Crippen molar-refractivity contribution in [1.29, 1.82) is 0 Å². The van der Waals surface area contributed by atoms with Gasteiger partial charge in [0.1, 0.15) is 5.75 Å². The summed E-state index contributed by atoms with van der Waals surface area (Å²) in [6.45, 7) is 5.73. The molecule has 1 unspecified atom stereocenters. The van der Waals surface area contributed by atoms with Crippen molar-refractivity contribution in [2.75, 3.05) is 37.7 Å². The number of anilines is 1. The average molecular weight is 578 g/mol. The maximum atomic E-state index is 11.7. The van der Waals surface area contributed by atoms with E-state index in [1.54, 1.807) is 0 Å². The summed E-state index contributed by atoms with van der Waals surface area (Å²) in [6, 6.07) is 19.2. The molecule has 0 bridgehead atoms. The zero-order valence-corrected chi connectivity index (χ0v) is 22.2. The van der Waals surface area contributed by atoms with Crippen LogP contribution in [0.25, 0.3) is 0 Å². The van der Waals surface area contributed by atoms with Gasteiger partial charge in [-0.05, 0) is 62.4 Å². The molecule has 3 N–H and O–H groups in total. The summed E-state index contributed by atoms with van der Waals surface area (Å²) in [5.41, 5.74) is 2.47. The largest absolute Gasteiger partial charge is 0.484 e. The highest BCUT2D eigenvalue weighted by Crippen LogP contribution is 2.20. The van der Waals surface area contributed by atoms with Crippen molar-refractivity contribution in [3.63, 3.8) is 0 Å². The minimum absolute atomic E-state index is 0. The highest BCUT2D eigenvalue weighted by molar-refractivity contribution is 14.0. The number of halogens is 1. The highest BCUT2D eigenvalue weighted by Gasteiger charge is 2.24. The number of rotatable bonds is 10. The van der Waals surface area contributed by atoms with Gasteiger partial charge in [0.25, 0.3) is 5.91 Å². The molecule has 1 saturated heterocycles. The molecule has 1 aliphatic carbocycles. The van der Waals surface area contributed by atoms with E-state index in [0.29, 0.717) is 24.4 Å². The van der Waals surface area contributed by atoms with E-state index in [9.17, 15) is 4.79 Å². The zero-order valence-electron chi connectivity index (χ0n) is 19.8. The fourth-order valence-electron chi connectivity index (χ4n) is 3.96. The highest BCUT2D eigenvalue weighted by atomic mass is 127. The third-order valence-corrected chi connectivity index (χ3v) is 5.90. The van der Waals surface area contributed by atoms with E-state index in [1.807, 2.05) is 24.3 Å². The molecule has 1 atom stereocenters. The number of para-hydroxylation sites is 1. The number of amides is 1. The Hall–Kier alpha value is -2.49. The Kier molecular flexibility index (Phi) is 10.3. The molecular formula is C26H36IN5O2. The molecule has 2 aromatic carbocycles. The van der Waals surface area contributed by atoms with Crippen LogP contribution in [0.3, 0.4) is 0 Å². The second-order valence-corrected chi connectivity index (χ2v) is 8.70. The SMILES string of the molecule is CCNC(=NCCc1ccc(OCC(=O)NC2CC2)cc1)NC1CCN(c2ccccc2)C1.I. The van der Waals surface area contributed by atoms with Gasteiger partial charge in [-0.25, -0.2) is 0 Å². The van der Waals surface area contributed by atoms with E-state index < -0.39 is 0 Å². The molecule has 1 heterocycles. The Labute approximate surface area is 219 Å². The van der Waals surface area contributed by atoms with Crippen molar-refractivity contribution in [3.8, 4) is 5.75 Å². The summed E-state index contributed by atoms with van der Waals surface area (Å²) in [5.74, 6) is 1.54. The van der Waals surface area contributed by atoms with Crippen LogP contribution in [-0.2, 0) is 11.2 Å². The van der Waals surface area contributed by atoms with Crippen molar-refractivity contribution in [3.05, 3.63) is 60.2 Å². The molecule has 184 valence electrons. The van der Waals surface area contributed by atoms with E-state index in [-0.39, 0.29) is 36.5 Å². The third-order valence-electron chi connectivity index (χ3n) is 5.90. The molecule has 0 radical (unpaired) electrons. The Morgan fingerprint density at radius 3 is 2.50 bits per heavy atom. The summed E-state index contributed by atoms with van der Waals surface area (Å²) < 4.78 is 5.58. The summed E-state index contributed by atoms with van der Waals surface area (Å²) in [4.78, 5) is 18.9. The van der Waals surface area contributed by atoms with Gasteiger partial charge in [-0.1, -0.05) is 30.3 Å². The van der Waals surface area contributed by atoms with Crippen LogP contribution in [0.1, 0.15) is 31.7 Å². The van der Waals surface area contributed by atoms with Gasteiger partial charge in [-0.2, -0.15) is 0 Å². The first-order valence-corrected chi connectivity index (χ1v) is 12.1. The van der Waals surface area contributed by atoms with Gasteiger partial charge in [0.2, 0.25) is 0 Å². The van der Waals surface area contributed by atoms with E-state index in [1.165, 1.54) is 11.3 Å². The van der Waals surface area contributed by atoms with Gasteiger partial charge < -0.3 is 25.6 Å². The molecular weight excluding hydrogens is 541 g/mol. The van der Waals surface area contributed by atoms with Gasteiger partial charge in [0.15, 0.2) is 12.6 Å². The van der Waals surface area contributed by atoms with Crippen molar-refractivity contribution >= 4 is 41.5 Å². The molecule has 1 amide bonds. The number of carbonyl (C=O) groups is 1. The van der Waals surface area contributed by atoms with E-state index in [4.69, 9.17) is 9.73 Å². The van der Waals surface area contributed by atoms with Crippen molar-refractivity contribution in [1.82, 2.24) is 16.0 Å². The fraction of sp³-hybridized carbons (Fsp3) is 0.462. The first kappa shape index (κ1) is 26.1. The maximum Gasteiger partial charge on any atom is 0.258 e. The Balaban J connectivity index is 0.00000324. The van der Waals surface area contributed by atoms with E-state index in [0.717, 1.165) is 51.3 Å². The van der Waals surface area contributed by atoms with Crippen LogP contribution in [0.2, 0.25) is 0 Å². The Morgan fingerprint density at radius 1 is 1.03 bits per heavy atom. The monoisotopic (exact) mass is 577 g/mol. The van der Waals surface area contributed by atoms with Crippen molar-refractivity contribution in [2.24, 2.45) is 4.99 Å². The van der Waals surface area contributed by atoms with E-state index >= 15 is 0 Å². The minimum atomic E-state index is -0.0477. The van der Waals surface area contributed by atoms with Gasteiger partial charge in [0, 0.05) is 44.0 Å². The van der Waals surface area contributed by atoms with Crippen LogP contribution in [0, 0.1) is 0 Å². The first-order chi connectivity index (χ1) is 16.2. The van der Waals surface area contributed by atoms with Crippen LogP contribution < -0.4 is 25.6 Å². The number of nitrogens with one attached hydrogen (secondary N) is 3. The predicted molar refractivity (Wildman–Crippen MR) is 148 cm³/mol. The number of carbonyl (C=O) groups excluding carboxylic acids is 1. The summed E-state index contributed by atoms with van der Waals surface area (Å²) in [5, 5.41) is 9.89. The van der Waals surface area contributed by atoms with Gasteiger partial charge in [-0.3, -0.25) is 9.79 Å². The van der Waals surface area contributed by atoms with Crippen LogP contribution in [0.5, 0.6) is 5.75 Å². The number of ether oxygens (including phenoxy) is 1. The molecule has 1 aliphatic heterocycles.